The lowest BCUT2D eigenvalue weighted by Gasteiger charge is -2.00. The first-order valence-corrected chi connectivity index (χ1v) is 5.26. The van der Waals surface area contributed by atoms with E-state index in [1.165, 1.54) is 5.56 Å². The lowest BCUT2D eigenvalue weighted by atomic mass is 10.2. The molecule has 4 heteroatoms. The molecule has 0 saturated heterocycles. The summed E-state index contributed by atoms with van der Waals surface area (Å²) in [5.74, 6) is 1.03. The zero-order valence-electron chi connectivity index (χ0n) is 9.68. The molecule has 0 aliphatic heterocycles. The first kappa shape index (κ1) is 13.7. The molecule has 3 nitrogen and oxygen atoms in total. The van der Waals surface area contributed by atoms with Gasteiger partial charge in [-0.3, -0.25) is 0 Å². The highest BCUT2D eigenvalue weighted by atomic mass is 127. The van der Waals surface area contributed by atoms with Gasteiger partial charge in [-0.05, 0) is 5.56 Å². The predicted molar refractivity (Wildman–Crippen MR) is 60.5 cm³/mol. The molecule has 1 heterocycles. The van der Waals surface area contributed by atoms with Crippen LogP contribution in [-0.4, -0.2) is 4.57 Å². The van der Waals surface area contributed by atoms with E-state index in [-0.39, 0.29) is 24.0 Å². The average Bonchev–Trinajstić information content (AvgIpc) is 2.64. The van der Waals surface area contributed by atoms with Crippen LogP contribution < -0.4 is 28.5 Å². The molecule has 0 fully saturated rings. The highest BCUT2D eigenvalue weighted by molar-refractivity contribution is 5.15. The Morgan fingerprint density at radius 2 is 2.00 bits per heavy atom. The molecule has 0 aliphatic carbocycles. The van der Waals surface area contributed by atoms with Crippen LogP contribution >= 0.6 is 0 Å². The monoisotopic (exact) mass is 339 g/mol. The van der Waals surface area contributed by atoms with Crippen LogP contribution in [0.25, 0.3) is 0 Å². The van der Waals surface area contributed by atoms with Crippen molar-refractivity contribution < 1.29 is 28.5 Å². The predicted octanol–water partition coefficient (Wildman–Crippen LogP) is -1.57. The largest absolute Gasteiger partial charge is 1.00 e. The van der Waals surface area contributed by atoms with Crippen molar-refractivity contribution in [1.29, 1.82) is 5.26 Å². The number of imidazole rings is 1. The Bertz CT molecular complexity index is 511. The average molecular weight is 339 g/mol. The zero-order chi connectivity index (χ0) is 11.4. The topological polar surface area (TPSA) is 32.6 Å². The fourth-order valence-corrected chi connectivity index (χ4v) is 1.78. The summed E-state index contributed by atoms with van der Waals surface area (Å²) in [6.07, 6.45) is 4.44. The smallest absolute Gasteiger partial charge is 0.270 e. The summed E-state index contributed by atoms with van der Waals surface area (Å²) in [6, 6.07) is 12.5. The van der Waals surface area contributed by atoms with Gasteiger partial charge < -0.3 is 24.0 Å². The summed E-state index contributed by atoms with van der Waals surface area (Å²) in [5.41, 5.74) is 1.25. The maximum atomic E-state index is 8.78. The summed E-state index contributed by atoms with van der Waals surface area (Å²) in [5, 5.41) is 8.78. The van der Waals surface area contributed by atoms with E-state index in [0.717, 1.165) is 12.4 Å². The van der Waals surface area contributed by atoms with Crippen LogP contribution in [0.4, 0.5) is 0 Å². The molecule has 1 aromatic carbocycles. The Kier molecular flexibility index (Phi) is 5.16. The van der Waals surface area contributed by atoms with Crippen molar-refractivity contribution in [2.45, 2.75) is 13.0 Å². The van der Waals surface area contributed by atoms with E-state index in [1.54, 1.807) is 0 Å². The fraction of sp³-hybridized carbons (Fsp3) is 0.231. The lowest BCUT2D eigenvalue weighted by Crippen LogP contribution is -3.00. The first-order chi connectivity index (χ1) is 7.81. The summed E-state index contributed by atoms with van der Waals surface area (Å²) in [4.78, 5) is 0. The summed E-state index contributed by atoms with van der Waals surface area (Å²) >= 11 is 0. The molecule has 0 radical (unpaired) electrons. The molecule has 0 spiro atoms. The van der Waals surface area contributed by atoms with Gasteiger partial charge in [0.1, 0.15) is 25.4 Å². The van der Waals surface area contributed by atoms with Gasteiger partial charge in [0.15, 0.2) is 0 Å². The molecular weight excluding hydrogens is 325 g/mol. The van der Waals surface area contributed by atoms with Crippen molar-refractivity contribution in [3.63, 3.8) is 0 Å². The quantitative estimate of drug-likeness (QED) is 0.491. The van der Waals surface area contributed by atoms with E-state index in [2.05, 4.69) is 22.8 Å². The van der Waals surface area contributed by atoms with E-state index in [4.69, 9.17) is 5.26 Å². The van der Waals surface area contributed by atoms with Crippen LogP contribution in [0.2, 0.25) is 0 Å². The molecule has 2 rings (SSSR count). The maximum absolute atomic E-state index is 8.78. The number of hydrogen-bond donors (Lipinski definition) is 0. The Balaban J connectivity index is 0.00000144. The number of rotatable bonds is 3. The molecule has 0 bridgehead atoms. The van der Waals surface area contributed by atoms with Gasteiger partial charge in [-0.2, -0.15) is 5.26 Å². The molecule has 88 valence electrons. The normalized spacial score (nSPS) is 9.41. The SMILES string of the molecule is C[n+]1ccn(Cc2ccccc2)c1CC#N.[I-]. The minimum atomic E-state index is 0. The summed E-state index contributed by atoms with van der Waals surface area (Å²) in [6.45, 7) is 0.818. The van der Waals surface area contributed by atoms with E-state index in [0.29, 0.717) is 6.42 Å². The minimum absolute atomic E-state index is 0. The number of nitrogens with zero attached hydrogens (tertiary/aromatic N) is 3. The maximum Gasteiger partial charge on any atom is 0.270 e. The van der Waals surface area contributed by atoms with Crippen LogP contribution in [0, 0.1) is 11.3 Å². The summed E-state index contributed by atoms with van der Waals surface area (Å²) in [7, 11) is 1.97. The minimum Gasteiger partial charge on any atom is -1.00 e. The second kappa shape index (κ2) is 6.40. The Hall–Kier alpha value is -1.35. The van der Waals surface area contributed by atoms with Crippen LogP contribution in [0.5, 0.6) is 0 Å². The van der Waals surface area contributed by atoms with Crippen LogP contribution in [0.3, 0.4) is 0 Å². The standard InChI is InChI=1S/C13H14N3.HI/c1-15-9-10-16(13(15)7-8-14)11-12-5-3-2-4-6-12;/h2-6,9-10H,7,11H2,1H3;1H/q+1;/p-1. The van der Waals surface area contributed by atoms with E-state index in [1.807, 2.05) is 42.2 Å². The van der Waals surface area contributed by atoms with Gasteiger partial charge in [-0.25, -0.2) is 9.13 Å². The molecular formula is C13H14IN3. The molecule has 2 aromatic rings. The van der Waals surface area contributed by atoms with Gasteiger partial charge in [0.05, 0.1) is 13.1 Å². The van der Waals surface area contributed by atoms with Gasteiger partial charge >= 0.3 is 0 Å². The molecule has 0 N–H and O–H groups in total. The van der Waals surface area contributed by atoms with E-state index < -0.39 is 0 Å². The summed E-state index contributed by atoms with van der Waals surface area (Å²) < 4.78 is 4.10. The van der Waals surface area contributed by atoms with Gasteiger partial charge in [0.2, 0.25) is 0 Å². The number of aryl methyl sites for hydroxylation is 1. The number of benzene rings is 1. The van der Waals surface area contributed by atoms with Crippen molar-refractivity contribution >= 4 is 0 Å². The number of aromatic nitrogens is 2. The van der Waals surface area contributed by atoms with Crippen LogP contribution in [0.15, 0.2) is 42.7 Å². The second-order valence-corrected chi connectivity index (χ2v) is 3.77. The Morgan fingerprint density at radius 1 is 1.29 bits per heavy atom. The molecule has 1 aromatic heterocycles. The highest BCUT2D eigenvalue weighted by Gasteiger charge is 2.13. The van der Waals surface area contributed by atoms with Crippen LogP contribution in [-0.2, 0) is 20.0 Å². The third-order valence-corrected chi connectivity index (χ3v) is 2.64. The Morgan fingerprint density at radius 3 is 2.65 bits per heavy atom. The molecule has 0 atom stereocenters. The number of halogens is 1. The number of nitriles is 1. The zero-order valence-corrected chi connectivity index (χ0v) is 11.8. The lowest BCUT2D eigenvalue weighted by molar-refractivity contribution is -0.678. The second-order valence-electron chi connectivity index (χ2n) is 3.77. The first-order valence-electron chi connectivity index (χ1n) is 5.26. The molecule has 17 heavy (non-hydrogen) atoms. The molecule has 0 amide bonds. The van der Waals surface area contributed by atoms with Gasteiger partial charge in [0.25, 0.3) is 5.82 Å². The van der Waals surface area contributed by atoms with Crippen molar-refractivity contribution in [3.8, 4) is 6.07 Å². The highest BCUT2D eigenvalue weighted by Crippen LogP contribution is 2.04. The molecule has 0 unspecified atom stereocenters. The Labute approximate surface area is 118 Å². The van der Waals surface area contributed by atoms with E-state index in [9.17, 15) is 0 Å². The van der Waals surface area contributed by atoms with Gasteiger partial charge in [-0.15, -0.1) is 0 Å². The molecule has 0 aliphatic rings. The van der Waals surface area contributed by atoms with Crippen molar-refractivity contribution in [2.24, 2.45) is 7.05 Å². The van der Waals surface area contributed by atoms with Crippen molar-refractivity contribution in [2.75, 3.05) is 0 Å². The fourth-order valence-electron chi connectivity index (χ4n) is 1.78. The number of hydrogen-bond acceptors (Lipinski definition) is 1. The van der Waals surface area contributed by atoms with Gasteiger partial charge in [0, 0.05) is 0 Å². The van der Waals surface area contributed by atoms with Crippen LogP contribution in [0.1, 0.15) is 11.4 Å². The van der Waals surface area contributed by atoms with Crippen molar-refractivity contribution in [1.82, 2.24) is 4.57 Å². The third-order valence-electron chi connectivity index (χ3n) is 2.64. The molecule has 0 saturated carbocycles. The third kappa shape index (κ3) is 3.30. The van der Waals surface area contributed by atoms with Gasteiger partial charge in [-0.1, -0.05) is 30.3 Å². The van der Waals surface area contributed by atoms with E-state index >= 15 is 0 Å². The van der Waals surface area contributed by atoms with Crippen molar-refractivity contribution in [3.05, 3.63) is 54.1 Å².